The van der Waals surface area contributed by atoms with Crippen molar-refractivity contribution < 1.29 is 32.6 Å². The van der Waals surface area contributed by atoms with E-state index < -0.39 is 51.6 Å². The van der Waals surface area contributed by atoms with Crippen molar-refractivity contribution in [2.45, 2.75) is 36.2 Å². The van der Waals surface area contributed by atoms with Crippen molar-refractivity contribution in [1.29, 1.82) is 0 Å². The zero-order chi connectivity index (χ0) is 24.3. The Morgan fingerprint density at radius 1 is 1.12 bits per heavy atom. The van der Waals surface area contributed by atoms with E-state index >= 15 is 0 Å². The number of hydrogen-bond acceptors (Lipinski definition) is 5. The SMILES string of the molecule is CC(C)(C)OC(=O)N1CCN(C(=O)OCC(Cl)(Cl)Cl)[C@@H](COc2c(F)cc(Br)cc2F)C1. The molecule has 1 aromatic carbocycles. The smallest absolute Gasteiger partial charge is 0.410 e. The Morgan fingerprint density at radius 3 is 2.25 bits per heavy atom. The summed E-state index contributed by atoms with van der Waals surface area (Å²) >= 11 is 19.9. The molecule has 2 rings (SSSR count). The summed E-state index contributed by atoms with van der Waals surface area (Å²) in [7, 11) is 0. The lowest BCUT2D eigenvalue weighted by Crippen LogP contribution is -2.59. The molecule has 0 spiro atoms. The molecule has 0 N–H and O–H groups in total. The van der Waals surface area contributed by atoms with Gasteiger partial charge in [0.2, 0.25) is 3.79 Å². The predicted molar refractivity (Wildman–Crippen MR) is 119 cm³/mol. The van der Waals surface area contributed by atoms with E-state index in [0.717, 1.165) is 12.1 Å². The predicted octanol–water partition coefficient (Wildman–Crippen LogP) is 5.53. The highest BCUT2D eigenvalue weighted by Crippen LogP contribution is 2.28. The van der Waals surface area contributed by atoms with Gasteiger partial charge in [-0.2, -0.15) is 0 Å². The van der Waals surface area contributed by atoms with Crippen LogP contribution in [0.4, 0.5) is 18.4 Å². The summed E-state index contributed by atoms with van der Waals surface area (Å²) in [5.41, 5.74) is -0.729. The second-order valence-electron chi connectivity index (χ2n) is 7.95. The van der Waals surface area contributed by atoms with Crippen LogP contribution in [0.5, 0.6) is 5.75 Å². The molecule has 0 aromatic heterocycles. The van der Waals surface area contributed by atoms with Crippen LogP contribution in [0.25, 0.3) is 0 Å². The van der Waals surface area contributed by atoms with Gasteiger partial charge in [0.25, 0.3) is 0 Å². The Hall–Kier alpha value is -1.23. The molecule has 32 heavy (non-hydrogen) atoms. The number of carbonyl (C=O) groups is 2. The third-order valence-corrected chi connectivity index (χ3v) is 4.90. The van der Waals surface area contributed by atoms with Gasteiger partial charge in [-0.1, -0.05) is 50.7 Å². The first-order valence-electron chi connectivity index (χ1n) is 9.41. The fourth-order valence-corrected chi connectivity index (χ4v) is 3.37. The first-order valence-corrected chi connectivity index (χ1v) is 11.3. The van der Waals surface area contributed by atoms with Crippen molar-refractivity contribution >= 4 is 62.9 Å². The molecular formula is C19H22BrCl3F2N2O5. The van der Waals surface area contributed by atoms with E-state index in [4.69, 9.17) is 49.0 Å². The Labute approximate surface area is 207 Å². The van der Waals surface area contributed by atoms with Gasteiger partial charge >= 0.3 is 12.2 Å². The van der Waals surface area contributed by atoms with Crippen molar-refractivity contribution in [2.75, 3.05) is 32.8 Å². The van der Waals surface area contributed by atoms with Gasteiger partial charge in [-0.05, 0) is 32.9 Å². The van der Waals surface area contributed by atoms with Crippen LogP contribution in [0, 0.1) is 11.6 Å². The number of halogens is 6. The Balaban J connectivity index is 2.17. The van der Waals surface area contributed by atoms with Crippen LogP contribution >= 0.6 is 50.7 Å². The number of rotatable bonds is 4. The average Bonchev–Trinajstić information content (AvgIpc) is 2.63. The maximum Gasteiger partial charge on any atom is 0.410 e. The van der Waals surface area contributed by atoms with E-state index in [-0.39, 0.29) is 30.7 Å². The Morgan fingerprint density at radius 2 is 1.72 bits per heavy atom. The van der Waals surface area contributed by atoms with Crippen LogP contribution in [0.15, 0.2) is 16.6 Å². The summed E-state index contributed by atoms with van der Waals surface area (Å²) in [6.45, 7) is 4.45. The van der Waals surface area contributed by atoms with Crippen LogP contribution in [-0.2, 0) is 9.47 Å². The van der Waals surface area contributed by atoms with Crippen LogP contribution in [0.2, 0.25) is 0 Å². The highest BCUT2D eigenvalue weighted by atomic mass is 79.9. The first-order chi connectivity index (χ1) is 14.7. The number of ether oxygens (including phenoxy) is 3. The lowest BCUT2D eigenvalue weighted by atomic mass is 10.2. The zero-order valence-electron chi connectivity index (χ0n) is 17.5. The number of hydrogen-bond donors (Lipinski definition) is 0. The molecule has 1 heterocycles. The Bertz CT molecular complexity index is 828. The van der Waals surface area contributed by atoms with E-state index in [1.807, 2.05) is 0 Å². The molecular weight excluding hydrogens is 560 g/mol. The Kier molecular flexibility index (Phi) is 9.12. The molecule has 13 heteroatoms. The molecule has 0 unspecified atom stereocenters. The van der Waals surface area contributed by atoms with E-state index in [1.54, 1.807) is 20.8 Å². The van der Waals surface area contributed by atoms with Crippen LogP contribution in [0.1, 0.15) is 20.8 Å². The van der Waals surface area contributed by atoms with E-state index in [2.05, 4.69) is 15.9 Å². The molecule has 180 valence electrons. The van der Waals surface area contributed by atoms with Gasteiger partial charge in [-0.3, -0.25) is 4.90 Å². The lowest BCUT2D eigenvalue weighted by molar-refractivity contribution is -0.00433. The largest absolute Gasteiger partial charge is 0.485 e. The number of alkyl halides is 3. The molecule has 0 saturated carbocycles. The van der Waals surface area contributed by atoms with Gasteiger partial charge in [0, 0.05) is 24.1 Å². The molecule has 2 amide bonds. The molecule has 1 fully saturated rings. The van der Waals surface area contributed by atoms with Gasteiger partial charge < -0.3 is 19.1 Å². The van der Waals surface area contributed by atoms with Gasteiger partial charge in [0.05, 0.1) is 6.04 Å². The minimum atomic E-state index is -1.82. The summed E-state index contributed by atoms with van der Waals surface area (Å²) in [4.78, 5) is 27.6. The third-order valence-electron chi connectivity index (χ3n) is 4.11. The highest BCUT2D eigenvalue weighted by molar-refractivity contribution is 9.10. The van der Waals surface area contributed by atoms with Gasteiger partial charge in [-0.25, -0.2) is 18.4 Å². The molecule has 1 saturated heterocycles. The van der Waals surface area contributed by atoms with Crippen molar-refractivity contribution in [3.8, 4) is 5.75 Å². The van der Waals surface area contributed by atoms with Crippen molar-refractivity contribution in [2.24, 2.45) is 0 Å². The normalized spacial score (nSPS) is 17.2. The standard InChI is InChI=1S/C19H22BrCl3F2N2O5/c1-18(2,3)32-16(28)26-4-5-27(17(29)31-10-19(21,22)23)12(8-26)9-30-15-13(24)6-11(20)7-14(15)25/h6-7,12H,4-5,8-10H2,1-3H3/t12-/m1/s1. The molecule has 7 nitrogen and oxygen atoms in total. The fourth-order valence-electron chi connectivity index (χ4n) is 2.80. The van der Waals surface area contributed by atoms with E-state index in [0.29, 0.717) is 0 Å². The van der Waals surface area contributed by atoms with Gasteiger partial charge in [-0.15, -0.1) is 0 Å². The second kappa shape index (κ2) is 10.8. The molecule has 1 aliphatic heterocycles. The molecule has 1 atom stereocenters. The molecule has 1 aromatic rings. The fraction of sp³-hybridized carbons (Fsp3) is 0.579. The summed E-state index contributed by atoms with van der Waals surface area (Å²) in [5, 5.41) is 0. The lowest BCUT2D eigenvalue weighted by Gasteiger charge is -2.40. The van der Waals surface area contributed by atoms with Crippen molar-refractivity contribution in [3.63, 3.8) is 0 Å². The topological polar surface area (TPSA) is 68.3 Å². The van der Waals surface area contributed by atoms with E-state index in [9.17, 15) is 18.4 Å². The maximum atomic E-state index is 14.1. The summed E-state index contributed by atoms with van der Waals surface area (Å²) in [6, 6.07) is 1.26. The zero-order valence-corrected chi connectivity index (χ0v) is 21.3. The molecule has 0 bridgehead atoms. The summed E-state index contributed by atoms with van der Waals surface area (Å²) < 4.78 is 42.4. The number of nitrogens with zero attached hydrogens (tertiary/aromatic N) is 2. The van der Waals surface area contributed by atoms with Crippen LogP contribution in [0.3, 0.4) is 0 Å². The quantitative estimate of drug-likeness (QED) is 0.437. The third kappa shape index (κ3) is 8.28. The van der Waals surface area contributed by atoms with E-state index in [1.165, 1.54) is 9.80 Å². The highest BCUT2D eigenvalue weighted by Gasteiger charge is 2.37. The van der Waals surface area contributed by atoms with Crippen LogP contribution in [-0.4, -0.2) is 70.3 Å². The summed E-state index contributed by atoms with van der Waals surface area (Å²) in [6.07, 6.45) is -1.43. The number of piperazine rings is 1. The second-order valence-corrected chi connectivity index (χ2v) is 11.4. The van der Waals surface area contributed by atoms with Crippen LogP contribution < -0.4 is 4.74 Å². The van der Waals surface area contributed by atoms with Gasteiger partial charge in [0.15, 0.2) is 17.4 Å². The minimum absolute atomic E-state index is 0.0302. The monoisotopic (exact) mass is 580 g/mol. The molecule has 0 radical (unpaired) electrons. The average molecular weight is 583 g/mol. The number of amides is 2. The van der Waals surface area contributed by atoms with Crippen molar-refractivity contribution in [3.05, 3.63) is 28.2 Å². The minimum Gasteiger partial charge on any atom is -0.485 e. The maximum absolute atomic E-state index is 14.1. The molecule has 0 aliphatic carbocycles. The molecule has 1 aliphatic rings. The number of benzene rings is 1. The first kappa shape index (κ1) is 27.0. The number of carbonyl (C=O) groups excluding carboxylic acids is 2. The summed E-state index contributed by atoms with van der Waals surface area (Å²) in [5.74, 6) is -2.47. The van der Waals surface area contributed by atoms with Crippen molar-refractivity contribution in [1.82, 2.24) is 9.80 Å². The van der Waals surface area contributed by atoms with Gasteiger partial charge in [0.1, 0.15) is 18.8 Å².